The second-order valence-electron chi connectivity index (χ2n) is 6.43. The molecule has 1 unspecified atom stereocenters. The van der Waals surface area contributed by atoms with Gasteiger partial charge in [0.25, 0.3) is 10.0 Å². The van der Waals surface area contributed by atoms with E-state index in [0.29, 0.717) is 23.6 Å². The summed E-state index contributed by atoms with van der Waals surface area (Å²) < 4.78 is 33.8. The molecule has 1 heterocycles. The number of anilines is 2. The number of carbonyl (C=O) groups is 1. The zero-order valence-corrected chi connectivity index (χ0v) is 16.0. The van der Waals surface area contributed by atoms with Gasteiger partial charge >= 0.3 is 0 Å². The molecular weight excluding hydrogens is 352 g/mol. The van der Waals surface area contributed by atoms with E-state index in [4.69, 9.17) is 4.74 Å². The van der Waals surface area contributed by atoms with Gasteiger partial charge in [-0.05, 0) is 74.7 Å². The molecular formula is C19H22N2O4S. The number of nitrogens with one attached hydrogen (secondary N) is 2. The van der Waals surface area contributed by atoms with Crippen LogP contribution in [0.3, 0.4) is 0 Å². The molecule has 1 amide bonds. The van der Waals surface area contributed by atoms with Gasteiger partial charge in [0.15, 0.2) is 0 Å². The maximum absolute atomic E-state index is 12.9. The van der Waals surface area contributed by atoms with Crippen LogP contribution in [0, 0.1) is 13.8 Å². The minimum Gasteiger partial charge on any atom is -0.494 e. The number of fused-ring (bicyclic) bond motifs is 1. The largest absolute Gasteiger partial charge is 0.494 e. The molecule has 7 heteroatoms. The number of hydrogen-bond donors (Lipinski definition) is 2. The molecule has 2 aromatic carbocycles. The Kier molecular flexibility index (Phi) is 4.66. The highest BCUT2D eigenvalue weighted by Gasteiger charge is 2.27. The van der Waals surface area contributed by atoms with E-state index in [0.717, 1.165) is 16.8 Å². The average Bonchev–Trinajstić information content (AvgIpc) is 2.85. The topological polar surface area (TPSA) is 84.5 Å². The molecule has 2 N–H and O–H groups in total. The van der Waals surface area contributed by atoms with E-state index in [2.05, 4.69) is 10.0 Å². The molecule has 1 aliphatic heterocycles. The smallest absolute Gasteiger partial charge is 0.262 e. The van der Waals surface area contributed by atoms with Crippen molar-refractivity contribution in [2.75, 3.05) is 16.6 Å². The SMILES string of the molecule is CCOc1cc(C)c(S(=O)(=O)Nc2ccc3c(c2)C(C)C(=O)N3)cc1C. The molecule has 2 aromatic rings. The molecule has 0 bridgehead atoms. The Bertz CT molecular complexity index is 983. The Labute approximate surface area is 153 Å². The van der Waals surface area contributed by atoms with Crippen LogP contribution in [-0.2, 0) is 14.8 Å². The van der Waals surface area contributed by atoms with E-state index >= 15 is 0 Å². The van der Waals surface area contributed by atoms with E-state index in [9.17, 15) is 13.2 Å². The molecule has 138 valence electrons. The predicted molar refractivity (Wildman–Crippen MR) is 101 cm³/mol. The Morgan fingerprint density at radius 1 is 1.15 bits per heavy atom. The van der Waals surface area contributed by atoms with Crippen LogP contribution in [0.25, 0.3) is 0 Å². The first-order valence-corrected chi connectivity index (χ1v) is 9.93. The van der Waals surface area contributed by atoms with Gasteiger partial charge in [-0.15, -0.1) is 0 Å². The van der Waals surface area contributed by atoms with Crippen LogP contribution in [0.15, 0.2) is 35.2 Å². The number of hydrogen-bond acceptors (Lipinski definition) is 4. The fourth-order valence-electron chi connectivity index (χ4n) is 3.05. The molecule has 1 atom stereocenters. The van der Waals surface area contributed by atoms with Crippen molar-refractivity contribution in [1.29, 1.82) is 0 Å². The molecule has 0 aromatic heterocycles. The number of aryl methyl sites for hydroxylation is 2. The summed E-state index contributed by atoms with van der Waals surface area (Å²) in [5.74, 6) is 0.293. The number of benzene rings is 2. The zero-order chi connectivity index (χ0) is 19.1. The second-order valence-corrected chi connectivity index (χ2v) is 8.09. The molecule has 0 saturated carbocycles. The van der Waals surface area contributed by atoms with Gasteiger partial charge in [0.2, 0.25) is 5.91 Å². The van der Waals surface area contributed by atoms with E-state index < -0.39 is 10.0 Å². The van der Waals surface area contributed by atoms with Crippen molar-refractivity contribution in [3.63, 3.8) is 0 Å². The molecule has 3 rings (SSSR count). The summed E-state index contributed by atoms with van der Waals surface area (Å²) in [7, 11) is -3.76. The third kappa shape index (κ3) is 3.26. The standard InChI is InChI=1S/C19H22N2O4S/c1-5-25-17-8-12(3)18(9-11(17)2)26(23,24)21-14-6-7-16-15(10-14)13(4)19(22)20-16/h6-10,13,21H,5H2,1-4H3,(H,20,22). The number of rotatable bonds is 5. The Balaban J connectivity index is 1.93. The van der Waals surface area contributed by atoms with Crippen molar-refractivity contribution in [3.05, 3.63) is 47.0 Å². The van der Waals surface area contributed by atoms with Crippen LogP contribution in [0.2, 0.25) is 0 Å². The zero-order valence-electron chi connectivity index (χ0n) is 15.2. The van der Waals surface area contributed by atoms with Gasteiger partial charge in [0, 0.05) is 11.4 Å². The highest BCUT2D eigenvalue weighted by atomic mass is 32.2. The summed E-state index contributed by atoms with van der Waals surface area (Å²) in [6.07, 6.45) is 0. The lowest BCUT2D eigenvalue weighted by molar-refractivity contribution is -0.116. The first kappa shape index (κ1) is 18.3. The van der Waals surface area contributed by atoms with Gasteiger partial charge in [-0.1, -0.05) is 0 Å². The first-order chi connectivity index (χ1) is 12.2. The second kappa shape index (κ2) is 6.64. The van der Waals surface area contributed by atoms with Crippen molar-refractivity contribution in [2.24, 2.45) is 0 Å². The molecule has 1 aliphatic rings. The fraction of sp³-hybridized carbons (Fsp3) is 0.316. The molecule has 0 fully saturated rings. The quantitative estimate of drug-likeness (QED) is 0.838. The van der Waals surface area contributed by atoms with Crippen LogP contribution in [0.4, 0.5) is 11.4 Å². The first-order valence-electron chi connectivity index (χ1n) is 8.44. The van der Waals surface area contributed by atoms with Gasteiger partial charge < -0.3 is 10.1 Å². The lowest BCUT2D eigenvalue weighted by atomic mass is 10.0. The molecule has 6 nitrogen and oxygen atoms in total. The highest BCUT2D eigenvalue weighted by Crippen LogP contribution is 2.35. The number of ether oxygens (including phenoxy) is 1. The van der Waals surface area contributed by atoms with E-state index in [1.807, 2.05) is 13.8 Å². The van der Waals surface area contributed by atoms with Crippen molar-refractivity contribution in [1.82, 2.24) is 0 Å². The number of carbonyl (C=O) groups excluding carboxylic acids is 1. The summed E-state index contributed by atoms with van der Waals surface area (Å²) in [4.78, 5) is 12.0. The van der Waals surface area contributed by atoms with E-state index in [1.54, 1.807) is 44.2 Å². The van der Waals surface area contributed by atoms with Crippen molar-refractivity contribution in [3.8, 4) is 5.75 Å². The highest BCUT2D eigenvalue weighted by molar-refractivity contribution is 7.92. The molecule has 0 radical (unpaired) electrons. The summed E-state index contributed by atoms with van der Waals surface area (Å²) in [6, 6.07) is 8.41. The van der Waals surface area contributed by atoms with Crippen LogP contribution in [0.1, 0.15) is 36.5 Å². The van der Waals surface area contributed by atoms with Crippen molar-refractivity contribution >= 4 is 27.3 Å². The number of amides is 1. The van der Waals surface area contributed by atoms with Gasteiger partial charge in [-0.3, -0.25) is 9.52 Å². The summed E-state index contributed by atoms with van der Waals surface area (Å²) in [6.45, 7) is 7.75. The Morgan fingerprint density at radius 3 is 2.58 bits per heavy atom. The summed E-state index contributed by atoms with van der Waals surface area (Å²) in [5, 5.41) is 2.77. The Hall–Kier alpha value is -2.54. The maximum Gasteiger partial charge on any atom is 0.262 e. The van der Waals surface area contributed by atoms with Crippen molar-refractivity contribution < 1.29 is 17.9 Å². The third-order valence-electron chi connectivity index (χ3n) is 4.48. The summed E-state index contributed by atoms with van der Waals surface area (Å²) in [5.41, 5.74) is 3.31. The average molecular weight is 374 g/mol. The molecule has 26 heavy (non-hydrogen) atoms. The normalized spacial score (nSPS) is 16.2. The van der Waals surface area contributed by atoms with Gasteiger partial charge in [-0.25, -0.2) is 8.42 Å². The monoisotopic (exact) mass is 374 g/mol. The fourth-order valence-corrected chi connectivity index (χ4v) is 4.42. The van der Waals surface area contributed by atoms with Crippen molar-refractivity contribution in [2.45, 2.75) is 38.5 Å². The maximum atomic E-state index is 12.9. The lowest BCUT2D eigenvalue weighted by Crippen LogP contribution is -2.15. The van der Waals surface area contributed by atoms with Crippen LogP contribution in [0.5, 0.6) is 5.75 Å². The lowest BCUT2D eigenvalue weighted by Gasteiger charge is -2.15. The van der Waals surface area contributed by atoms with E-state index in [1.165, 1.54) is 0 Å². The minimum absolute atomic E-state index is 0.0852. The van der Waals surface area contributed by atoms with Gasteiger partial charge in [0.05, 0.1) is 17.4 Å². The molecule has 0 spiro atoms. The third-order valence-corrected chi connectivity index (χ3v) is 6.01. The van der Waals surface area contributed by atoms with Crippen LogP contribution < -0.4 is 14.8 Å². The molecule has 0 aliphatic carbocycles. The predicted octanol–water partition coefficient (Wildman–Crippen LogP) is 3.56. The van der Waals surface area contributed by atoms with E-state index in [-0.39, 0.29) is 16.7 Å². The molecule has 0 saturated heterocycles. The van der Waals surface area contributed by atoms with Crippen LogP contribution >= 0.6 is 0 Å². The number of sulfonamides is 1. The minimum atomic E-state index is -3.76. The Morgan fingerprint density at radius 2 is 1.88 bits per heavy atom. The van der Waals surface area contributed by atoms with Crippen LogP contribution in [-0.4, -0.2) is 20.9 Å². The van der Waals surface area contributed by atoms with Gasteiger partial charge in [-0.2, -0.15) is 0 Å². The van der Waals surface area contributed by atoms with Gasteiger partial charge in [0.1, 0.15) is 5.75 Å². The summed E-state index contributed by atoms with van der Waals surface area (Å²) >= 11 is 0.